The molecule has 0 aromatic carbocycles. The quantitative estimate of drug-likeness (QED) is 0.815. The van der Waals surface area contributed by atoms with Gasteiger partial charge in [0.25, 0.3) is 15.6 Å². The summed E-state index contributed by atoms with van der Waals surface area (Å²) in [5.41, 5.74) is 2.31. The third-order valence-electron chi connectivity index (χ3n) is 3.65. The number of aromatic amines is 1. The lowest BCUT2D eigenvalue weighted by Crippen LogP contribution is -2.29. The Kier molecular flexibility index (Phi) is 5.33. The maximum absolute atomic E-state index is 12.3. The molecule has 0 radical (unpaired) electrons. The average Bonchev–Trinajstić information content (AvgIpc) is 2.86. The normalized spacial score (nSPS) is 11.8. The lowest BCUT2D eigenvalue weighted by Gasteiger charge is -2.11. The summed E-state index contributed by atoms with van der Waals surface area (Å²) in [5, 5.41) is 6.45. The van der Waals surface area contributed by atoms with E-state index in [4.69, 9.17) is 0 Å². The maximum Gasteiger partial charge on any atom is 0.268 e. The van der Waals surface area contributed by atoms with Crippen LogP contribution in [-0.2, 0) is 29.4 Å². The van der Waals surface area contributed by atoms with Crippen molar-refractivity contribution in [3.63, 3.8) is 0 Å². The first kappa shape index (κ1) is 17.8. The Bertz CT molecular complexity index is 849. The molecule has 2 heterocycles. The largest absolute Gasteiger partial charge is 0.268 e. The molecule has 0 amide bonds. The Morgan fingerprint density at radius 3 is 2.39 bits per heavy atom. The SMILES string of the molecule is CCc1n[nH]c(=O)c(CNS(=O)(=O)c2nc(C)c(C)s2)c1CC. The van der Waals surface area contributed by atoms with E-state index in [0.717, 1.165) is 27.5 Å². The molecule has 0 spiro atoms. The van der Waals surface area contributed by atoms with Gasteiger partial charge < -0.3 is 0 Å². The molecule has 2 N–H and O–H groups in total. The van der Waals surface area contributed by atoms with Crippen LogP contribution in [0.1, 0.15) is 41.2 Å². The monoisotopic (exact) mass is 356 g/mol. The van der Waals surface area contributed by atoms with Gasteiger partial charge in [-0.1, -0.05) is 13.8 Å². The van der Waals surface area contributed by atoms with Crippen molar-refractivity contribution in [2.24, 2.45) is 0 Å². The smallest absolute Gasteiger partial charge is 0.268 e. The lowest BCUT2D eigenvalue weighted by atomic mass is 10.0. The first-order valence-corrected chi connectivity index (χ1v) is 9.63. The zero-order valence-corrected chi connectivity index (χ0v) is 15.2. The lowest BCUT2D eigenvalue weighted by molar-refractivity contribution is 0.579. The molecule has 2 aromatic heterocycles. The van der Waals surface area contributed by atoms with Crippen molar-refractivity contribution in [3.05, 3.63) is 37.7 Å². The topological polar surface area (TPSA) is 105 Å². The Labute approximate surface area is 139 Å². The van der Waals surface area contributed by atoms with Gasteiger partial charge in [-0.3, -0.25) is 4.79 Å². The fourth-order valence-electron chi connectivity index (χ4n) is 2.25. The number of hydrogen-bond donors (Lipinski definition) is 2. The van der Waals surface area contributed by atoms with E-state index >= 15 is 0 Å². The number of nitrogens with zero attached hydrogens (tertiary/aromatic N) is 2. The van der Waals surface area contributed by atoms with E-state index in [1.807, 2.05) is 20.8 Å². The summed E-state index contributed by atoms with van der Waals surface area (Å²) in [6.45, 7) is 7.37. The zero-order valence-electron chi connectivity index (χ0n) is 13.6. The van der Waals surface area contributed by atoms with Gasteiger partial charge in [0.1, 0.15) is 0 Å². The minimum absolute atomic E-state index is 0.0201. The Hall–Kier alpha value is -1.58. The molecule has 0 saturated carbocycles. The molecule has 0 atom stereocenters. The molecule has 0 aliphatic heterocycles. The second-order valence-corrected chi connectivity index (χ2v) is 8.25. The second-order valence-electron chi connectivity index (χ2n) is 5.11. The van der Waals surface area contributed by atoms with Crippen LogP contribution in [0.15, 0.2) is 9.13 Å². The number of sulfonamides is 1. The summed E-state index contributed by atoms with van der Waals surface area (Å²) in [6, 6.07) is 0. The van der Waals surface area contributed by atoms with Crippen LogP contribution in [0.5, 0.6) is 0 Å². The number of H-pyrrole nitrogens is 1. The van der Waals surface area contributed by atoms with Gasteiger partial charge in [-0.2, -0.15) is 5.10 Å². The minimum Gasteiger partial charge on any atom is -0.268 e. The number of rotatable bonds is 6. The van der Waals surface area contributed by atoms with Gasteiger partial charge >= 0.3 is 0 Å². The van der Waals surface area contributed by atoms with E-state index in [2.05, 4.69) is 19.9 Å². The standard InChI is InChI=1S/C14H20N4O3S2/c1-5-10-11(13(19)18-17-12(10)6-2)7-15-23(20,21)14-16-8(3)9(4)22-14/h15H,5-7H2,1-4H3,(H,18,19). The predicted octanol–water partition coefficient (Wildman–Crippen LogP) is 1.45. The molecule has 126 valence electrons. The molecule has 2 rings (SSSR count). The summed E-state index contributed by atoms with van der Waals surface area (Å²) >= 11 is 1.12. The summed E-state index contributed by atoms with van der Waals surface area (Å²) in [4.78, 5) is 16.9. The molecule has 0 saturated heterocycles. The van der Waals surface area contributed by atoms with Crippen molar-refractivity contribution < 1.29 is 8.42 Å². The molecular formula is C14H20N4O3S2. The molecular weight excluding hydrogens is 336 g/mol. The van der Waals surface area contributed by atoms with Gasteiger partial charge in [-0.15, -0.1) is 11.3 Å². The number of hydrogen-bond acceptors (Lipinski definition) is 6. The average molecular weight is 356 g/mol. The van der Waals surface area contributed by atoms with Gasteiger partial charge in [0.15, 0.2) is 0 Å². The van der Waals surface area contributed by atoms with Gasteiger partial charge in [-0.25, -0.2) is 23.2 Å². The number of nitrogens with one attached hydrogen (secondary N) is 2. The highest BCUT2D eigenvalue weighted by molar-refractivity contribution is 7.91. The molecule has 0 fully saturated rings. The van der Waals surface area contributed by atoms with Gasteiger partial charge in [-0.05, 0) is 32.3 Å². The third kappa shape index (κ3) is 3.67. The highest BCUT2D eigenvalue weighted by Crippen LogP contribution is 2.21. The molecule has 0 bridgehead atoms. The zero-order chi connectivity index (χ0) is 17.2. The Morgan fingerprint density at radius 1 is 1.17 bits per heavy atom. The van der Waals surface area contributed by atoms with Crippen molar-refractivity contribution in [3.8, 4) is 0 Å². The maximum atomic E-state index is 12.3. The van der Waals surface area contributed by atoms with Crippen LogP contribution in [0.3, 0.4) is 0 Å². The minimum atomic E-state index is -3.74. The molecule has 2 aromatic rings. The van der Waals surface area contributed by atoms with Crippen LogP contribution in [0.2, 0.25) is 0 Å². The van der Waals surface area contributed by atoms with E-state index in [1.165, 1.54) is 0 Å². The fourth-order valence-corrected chi connectivity index (χ4v) is 4.59. The number of aromatic nitrogens is 3. The van der Waals surface area contributed by atoms with Crippen molar-refractivity contribution in [2.45, 2.75) is 51.4 Å². The van der Waals surface area contributed by atoms with Gasteiger partial charge in [0.2, 0.25) is 4.34 Å². The highest BCUT2D eigenvalue weighted by atomic mass is 32.2. The van der Waals surface area contributed by atoms with Crippen LogP contribution in [-0.4, -0.2) is 23.6 Å². The van der Waals surface area contributed by atoms with E-state index in [1.54, 1.807) is 6.92 Å². The first-order chi connectivity index (χ1) is 10.8. The summed E-state index contributed by atoms with van der Waals surface area (Å²) in [5.74, 6) is 0. The molecule has 0 aliphatic carbocycles. The molecule has 0 aliphatic rings. The van der Waals surface area contributed by atoms with E-state index < -0.39 is 10.0 Å². The molecule has 7 nitrogen and oxygen atoms in total. The van der Waals surface area contributed by atoms with Crippen molar-refractivity contribution in [2.75, 3.05) is 0 Å². The summed E-state index contributed by atoms with van der Waals surface area (Å²) in [7, 11) is -3.74. The summed E-state index contributed by atoms with van der Waals surface area (Å²) < 4.78 is 27.2. The molecule has 23 heavy (non-hydrogen) atoms. The fraction of sp³-hybridized carbons (Fsp3) is 0.500. The Morgan fingerprint density at radius 2 is 1.87 bits per heavy atom. The Balaban J connectivity index is 2.32. The number of thiazole rings is 1. The van der Waals surface area contributed by atoms with Gasteiger partial charge in [0.05, 0.1) is 11.4 Å². The predicted molar refractivity (Wildman–Crippen MR) is 89.2 cm³/mol. The van der Waals surface area contributed by atoms with Crippen LogP contribution in [0, 0.1) is 13.8 Å². The second kappa shape index (κ2) is 6.90. The number of aryl methyl sites for hydroxylation is 3. The van der Waals surface area contributed by atoms with Crippen LogP contribution in [0.4, 0.5) is 0 Å². The highest BCUT2D eigenvalue weighted by Gasteiger charge is 2.21. The molecule has 0 unspecified atom stereocenters. The van der Waals surface area contributed by atoms with E-state index in [9.17, 15) is 13.2 Å². The van der Waals surface area contributed by atoms with Crippen molar-refractivity contribution >= 4 is 21.4 Å². The van der Waals surface area contributed by atoms with Crippen molar-refractivity contribution in [1.82, 2.24) is 19.9 Å². The van der Waals surface area contributed by atoms with E-state index in [0.29, 0.717) is 24.1 Å². The molecule has 9 heteroatoms. The third-order valence-corrected chi connectivity index (χ3v) is 6.50. The van der Waals surface area contributed by atoms with Crippen LogP contribution < -0.4 is 10.3 Å². The van der Waals surface area contributed by atoms with Crippen LogP contribution >= 0.6 is 11.3 Å². The van der Waals surface area contributed by atoms with Crippen LogP contribution in [0.25, 0.3) is 0 Å². The summed E-state index contributed by atoms with van der Waals surface area (Å²) in [6.07, 6.45) is 1.29. The van der Waals surface area contributed by atoms with Crippen molar-refractivity contribution in [1.29, 1.82) is 0 Å². The first-order valence-electron chi connectivity index (χ1n) is 7.33. The van der Waals surface area contributed by atoms with E-state index in [-0.39, 0.29) is 16.4 Å². The van der Waals surface area contributed by atoms with Gasteiger partial charge in [0, 0.05) is 17.0 Å².